The Kier molecular flexibility index (Phi) is 9.14. The van der Waals surface area contributed by atoms with Gasteiger partial charge in [-0.3, -0.25) is 0 Å². The number of nitrogens with one attached hydrogen (secondary N) is 1. The second kappa shape index (κ2) is 10.4. The fourth-order valence-electron chi connectivity index (χ4n) is 2.01. The highest BCUT2D eigenvalue weighted by Gasteiger charge is 2.05. The van der Waals surface area contributed by atoms with Crippen LogP contribution >= 0.6 is 11.3 Å². The van der Waals surface area contributed by atoms with Crippen LogP contribution in [0.1, 0.15) is 62.6 Å². The van der Waals surface area contributed by atoms with Crippen molar-refractivity contribution in [2.24, 2.45) is 0 Å². The van der Waals surface area contributed by atoms with Crippen molar-refractivity contribution in [3.05, 3.63) is 21.9 Å². The van der Waals surface area contributed by atoms with Gasteiger partial charge < -0.3 is 10.1 Å². The molecule has 19 heavy (non-hydrogen) atoms. The van der Waals surface area contributed by atoms with E-state index in [4.69, 9.17) is 4.74 Å². The molecular weight excluding hydrogens is 254 g/mol. The first-order valence-corrected chi connectivity index (χ1v) is 8.47. The molecule has 3 heteroatoms. The second-order valence-corrected chi connectivity index (χ2v) is 6.37. The Labute approximate surface area is 122 Å². The summed E-state index contributed by atoms with van der Waals surface area (Å²) in [4.78, 5) is 2.74. The van der Waals surface area contributed by atoms with Gasteiger partial charge in [0.1, 0.15) is 0 Å². The zero-order valence-corrected chi connectivity index (χ0v) is 13.5. The lowest BCUT2D eigenvalue weighted by Crippen LogP contribution is -2.10. The van der Waals surface area contributed by atoms with Crippen molar-refractivity contribution in [1.29, 1.82) is 0 Å². The van der Waals surface area contributed by atoms with E-state index in [-0.39, 0.29) is 0 Å². The molecule has 0 aliphatic rings. The lowest BCUT2D eigenvalue weighted by atomic mass is 10.1. The van der Waals surface area contributed by atoms with Gasteiger partial charge in [0.15, 0.2) is 0 Å². The molecule has 1 N–H and O–H groups in total. The van der Waals surface area contributed by atoms with Crippen LogP contribution in [0, 0.1) is 0 Å². The molecule has 0 radical (unpaired) electrons. The van der Waals surface area contributed by atoms with Crippen molar-refractivity contribution in [2.75, 3.05) is 6.54 Å². The number of hydrogen-bond donors (Lipinski definition) is 1. The summed E-state index contributed by atoms with van der Waals surface area (Å²) in [5.74, 6) is 0. The summed E-state index contributed by atoms with van der Waals surface area (Å²) < 4.78 is 5.92. The second-order valence-electron chi connectivity index (χ2n) is 5.12. The van der Waals surface area contributed by atoms with Crippen molar-refractivity contribution >= 4 is 11.3 Å². The van der Waals surface area contributed by atoms with Gasteiger partial charge in [-0.15, -0.1) is 11.3 Å². The molecule has 1 aromatic heterocycles. The average molecular weight is 283 g/mol. The standard InChI is InChI=1S/C16H29NOS/c1-4-6-7-8-9-14(3)18-13-16-11-10-15(19-16)12-17-5-2/h10-11,14,17H,4-9,12-13H2,1-3H3. The van der Waals surface area contributed by atoms with E-state index in [2.05, 4.69) is 38.2 Å². The van der Waals surface area contributed by atoms with Crippen LogP contribution in [0.15, 0.2) is 12.1 Å². The van der Waals surface area contributed by atoms with Gasteiger partial charge >= 0.3 is 0 Å². The van der Waals surface area contributed by atoms with Crippen LogP contribution in [-0.2, 0) is 17.9 Å². The maximum Gasteiger partial charge on any atom is 0.0813 e. The van der Waals surface area contributed by atoms with Crippen LogP contribution in [0.5, 0.6) is 0 Å². The minimum atomic E-state index is 0.385. The zero-order chi connectivity index (χ0) is 13.9. The van der Waals surface area contributed by atoms with Gasteiger partial charge in [-0.25, -0.2) is 0 Å². The molecule has 0 aromatic carbocycles. The van der Waals surface area contributed by atoms with Gasteiger partial charge in [-0.1, -0.05) is 39.5 Å². The Morgan fingerprint density at radius 3 is 2.68 bits per heavy atom. The van der Waals surface area contributed by atoms with E-state index in [1.54, 1.807) is 0 Å². The molecule has 0 saturated carbocycles. The summed E-state index contributed by atoms with van der Waals surface area (Å²) >= 11 is 1.86. The fraction of sp³-hybridized carbons (Fsp3) is 0.750. The topological polar surface area (TPSA) is 21.3 Å². The van der Waals surface area contributed by atoms with E-state index in [9.17, 15) is 0 Å². The lowest BCUT2D eigenvalue weighted by Gasteiger charge is -2.11. The smallest absolute Gasteiger partial charge is 0.0813 e. The molecule has 1 heterocycles. The number of thiophene rings is 1. The molecule has 0 aliphatic heterocycles. The summed E-state index contributed by atoms with van der Waals surface area (Å²) in [6.07, 6.45) is 6.87. The highest BCUT2D eigenvalue weighted by molar-refractivity contribution is 7.11. The average Bonchev–Trinajstić information content (AvgIpc) is 2.87. The third-order valence-corrected chi connectivity index (χ3v) is 4.30. The molecular formula is C16H29NOS. The Morgan fingerprint density at radius 2 is 1.95 bits per heavy atom. The van der Waals surface area contributed by atoms with Gasteiger partial charge in [0.05, 0.1) is 12.7 Å². The Morgan fingerprint density at radius 1 is 1.16 bits per heavy atom. The van der Waals surface area contributed by atoms with Crippen LogP contribution in [0.3, 0.4) is 0 Å². The summed E-state index contributed by atoms with van der Waals surface area (Å²) in [5.41, 5.74) is 0. The van der Waals surface area contributed by atoms with Gasteiger partial charge in [0, 0.05) is 16.3 Å². The summed E-state index contributed by atoms with van der Waals surface area (Å²) in [5, 5.41) is 3.35. The monoisotopic (exact) mass is 283 g/mol. The van der Waals surface area contributed by atoms with Gasteiger partial charge in [0.25, 0.3) is 0 Å². The summed E-state index contributed by atoms with van der Waals surface area (Å²) in [7, 11) is 0. The number of rotatable bonds is 11. The van der Waals surface area contributed by atoms with Crippen LogP contribution in [0.4, 0.5) is 0 Å². The zero-order valence-electron chi connectivity index (χ0n) is 12.7. The fourth-order valence-corrected chi connectivity index (χ4v) is 2.92. The van der Waals surface area contributed by atoms with Crippen molar-refractivity contribution in [2.45, 2.75) is 72.1 Å². The molecule has 1 unspecified atom stereocenters. The molecule has 110 valence electrons. The van der Waals surface area contributed by atoms with E-state index in [1.807, 2.05) is 11.3 Å². The maximum absolute atomic E-state index is 5.92. The van der Waals surface area contributed by atoms with E-state index in [1.165, 1.54) is 41.9 Å². The highest BCUT2D eigenvalue weighted by atomic mass is 32.1. The van der Waals surface area contributed by atoms with Gasteiger partial charge in [-0.2, -0.15) is 0 Å². The molecule has 1 aromatic rings. The van der Waals surface area contributed by atoms with Crippen molar-refractivity contribution in [3.63, 3.8) is 0 Å². The third kappa shape index (κ3) is 7.71. The van der Waals surface area contributed by atoms with Crippen molar-refractivity contribution in [3.8, 4) is 0 Å². The van der Waals surface area contributed by atoms with Crippen molar-refractivity contribution in [1.82, 2.24) is 5.32 Å². The first kappa shape index (κ1) is 16.7. The number of ether oxygens (including phenoxy) is 1. The van der Waals surface area contributed by atoms with Crippen molar-refractivity contribution < 1.29 is 4.74 Å². The Hall–Kier alpha value is -0.380. The highest BCUT2D eigenvalue weighted by Crippen LogP contribution is 2.18. The minimum absolute atomic E-state index is 0.385. The van der Waals surface area contributed by atoms with E-state index in [0.29, 0.717) is 6.10 Å². The number of unbranched alkanes of at least 4 members (excludes halogenated alkanes) is 3. The molecule has 0 aliphatic carbocycles. The lowest BCUT2D eigenvalue weighted by molar-refractivity contribution is 0.0475. The minimum Gasteiger partial charge on any atom is -0.373 e. The SMILES string of the molecule is CCCCCCC(C)OCc1ccc(CNCC)s1. The van der Waals surface area contributed by atoms with Crippen LogP contribution in [0.2, 0.25) is 0 Å². The predicted octanol–water partition coefficient (Wildman–Crippen LogP) is 4.73. The molecule has 0 bridgehead atoms. The largest absolute Gasteiger partial charge is 0.373 e. The Bertz CT molecular complexity index is 324. The van der Waals surface area contributed by atoms with E-state index in [0.717, 1.165) is 19.7 Å². The predicted molar refractivity (Wildman–Crippen MR) is 84.7 cm³/mol. The molecule has 0 saturated heterocycles. The maximum atomic E-state index is 5.92. The molecule has 2 nitrogen and oxygen atoms in total. The van der Waals surface area contributed by atoms with E-state index < -0.39 is 0 Å². The van der Waals surface area contributed by atoms with Gasteiger partial charge in [-0.05, 0) is 32.0 Å². The molecule has 1 atom stereocenters. The molecule has 0 amide bonds. The molecule has 0 fully saturated rings. The van der Waals surface area contributed by atoms with Crippen LogP contribution < -0.4 is 5.32 Å². The first-order chi connectivity index (χ1) is 9.26. The summed E-state index contributed by atoms with van der Waals surface area (Å²) in [6.45, 7) is 9.36. The van der Waals surface area contributed by atoms with Crippen LogP contribution in [-0.4, -0.2) is 12.6 Å². The molecule has 1 rings (SSSR count). The normalized spacial score (nSPS) is 12.8. The Balaban J connectivity index is 2.15. The van der Waals surface area contributed by atoms with E-state index >= 15 is 0 Å². The first-order valence-electron chi connectivity index (χ1n) is 7.66. The molecule has 0 spiro atoms. The number of hydrogen-bond acceptors (Lipinski definition) is 3. The third-order valence-electron chi connectivity index (χ3n) is 3.24. The summed E-state index contributed by atoms with van der Waals surface area (Å²) in [6, 6.07) is 4.40. The quantitative estimate of drug-likeness (QED) is 0.593. The van der Waals surface area contributed by atoms with Crippen LogP contribution in [0.25, 0.3) is 0 Å². The van der Waals surface area contributed by atoms with Gasteiger partial charge in [0.2, 0.25) is 0 Å².